The molecule has 0 aliphatic rings. The van der Waals surface area contributed by atoms with Crippen molar-refractivity contribution in [2.45, 2.75) is 13.5 Å². The van der Waals surface area contributed by atoms with Crippen molar-refractivity contribution in [3.05, 3.63) is 44.9 Å². The van der Waals surface area contributed by atoms with Crippen LogP contribution in [0.1, 0.15) is 16.3 Å². The van der Waals surface area contributed by atoms with E-state index in [1.807, 2.05) is 12.3 Å². The number of anilines is 1. The Morgan fingerprint density at radius 1 is 1.53 bits per heavy atom. The number of nitrogens with zero attached hydrogens (tertiary/aromatic N) is 2. The summed E-state index contributed by atoms with van der Waals surface area (Å²) in [7, 11) is 0. The Hall–Kier alpha value is -1.57. The monoisotopic (exact) mass is 263 g/mol. The van der Waals surface area contributed by atoms with E-state index < -0.39 is 0 Å². The van der Waals surface area contributed by atoms with Crippen LogP contribution in [0.15, 0.2) is 23.6 Å². The Kier molecular flexibility index (Phi) is 3.62. The first kappa shape index (κ1) is 11.9. The predicted molar refractivity (Wildman–Crippen MR) is 70.3 cm³/mol. The molecular formula is C12H10ClN3S. The maximum Gasteiger partial charge on any atom is 0.112 e. The van der Waals surface area contributed by atoms with Gasteiger partial charge in [0.1, 0.15) is 11.1 Å². The Morgan fingerprint density at radius 3 is 3.00 bits per heavy atom. The van der Waals surface area contributed by atoms with Crippen molar-refractivity contribution in [2.75, 3.05) is 5.32 Å². The van der Waals surface area contributed by atoms with Gasteiger partial charge in [0.15, 0.2) is 0 Å². The van der Waals surface area contributed by atoms with Gasteiger partial charge in [-0.05, 0) is 25.1 Å². The van der Waals surface area contributed by atoms with Gasteiger partial charge in [0, 0.05) is 16.1 Å². The van der Waals surface area contributed by atoms with Crippen LogP contribution in [0.4, 0.5) is 5.69 Å². The molecule has 0 saturated carbocycles. The molecule has 0 fully saturated rings. The number of nitrogens with one attached hydrogen (secondary N) is 1. The Balaban J connectivity index is 2.13. The van der Waals surface area contributed by atoms with E-state index in [0.717, 1.165) is 16.4 Å². The van der Waals surface area contributed by atoms with E-state index in [9.17, 15) is 0 Å². The summed E-state index contributed by atoms with van der Waals surface area (Å²) in [4.78, 5) is 4.34. The summed E-state index contributed by atoms with van der Waals surface area (Å²) >= 11 is 7.49. The quantitative estimate of drug-likeness (QED) is 0.921. The fourth-order valence-corrected chi connectivity index (χ4v) is 2.30. The highest BCUT2D eigenvalue weighted by Crippen LogP contribution is 2.21. The van der Waals surface area contributed by atoms with Gasteiger partial charge in [-0.25, -0.2) is 4.98 Å². The standard InChI is InChI=1S/C12H10ClN3S/c1-8-7-17-12(16-8)6-15-11-4-10(13)3-2-9(11)5-14/h2-4,7,15H,6H2,1H3. The zero-order chi connectivity index (χ0) is 12.3. The zero-order valence-corrected chi connectivity index (χ0v) is 10.8. The normalized spacial score (nSPS) is 9.94. The average molecular weight is 264 g/mol. The number of benzene rings is 1. The van der Waals surface area contributed by atoms with E-state index in [4.69, 9.17) is 16.9 Å². The third kappa shape index (κ3) is 2.96. The Morgan fingerprint density at radius 2 is 2.35 bits per heavy atom. The summed E-state index contributed by atoms with van der Waals surface area (Å²) in [6.45, 7) is 2.56. The summed E-state index contributed by atoms with van der Waals surface area (Å²) < 4.78 is 0. The van der Waals surface area contributed by atoms with Crippen LogP contribution in [0.5, 0.6) is 0 Å². The molecule has 0 spiro atoms. The number of aromatic nitrogens is 1. The van der Waals surface area contributed by atoms with Crippen molar-refractivity contribution in [3.8, 4) is 6.07 Å². The molecule has 2 rings (SSSR count). The van der Waals surface area contributed by atoms with Crippen LogP contribution in [0.25, 0.3) is 0 Å². The van der Waals surface area contributed by atoms with Gasteiger partial charge in [0.2, 0.25) is 0 Å². The van der Waals surface area contributed by atoms with Crippen molar-refractivity contribution in [1.82, 2.24) is 4.98 Å². The Bertz CT molecular complexity index is 571. The molecule has 5 heteroatoms. The van der Waals surface area contributed by atoms with Crippen molar-refractivity contribution in [2.24, 2.45) is 0 Å². The second-order valence-electron chi connectivity index (χ2n) is 3.54. The summed E-state index contributed by atoms with van der Waals surface area (Å²) in [5.74, 6) is 0. The van der Waals surface area contributed by atoms with Gasteiger partial charge in [0.05, 0.1) is 17.8 Å². The number of thiazole rings is 1. The average Bonchev–Trinajstić information content (AvgIpc) is 2.73. The van der Waals surface area contributed by atoms with Crippen LogP contribution in [0.2, 0.25) is 5.02 Å². The summed E-state index contributed by atoms with van der Waals surface area (Å²) in [5.41, 5.74) is 2.34. The largest absolute Gasteiger partial charge is 0.377 e. The molecule has 0 aliphatic heterocycles. The van der Waals surface area contributed by atoms with Crippen LogP contribution >= 0.6 is 22.9 Å². The lowest BCUT2D eigenvalue weighted by Gasteiger charge is -2.06. The van der Waals surface area contributed by atoms with Gasteiger partial charge >= 0.3 is 0 Å². The molecular weight excluding hydrogens is 254 g/mol. The van der Waals surface area contributed by atoms with Gasteiger partial charge in [-0.15, -0.1) is 11.3 Å². The first-order valence-corrected chi connectivity index (χ1v) is 6.29. The molecule has 86 valence electrons. The van der Waals surface area contributed by atoms with E-state index in [0.29, 0.717) is 17.1 Å². The molecule has 17 heavy (non-hydrogen) atoms. The zero-order valence-electron chi connectivity index (χ0n) is 9.20. The number of hydrogen-bond acceptors (Lipinski definition) is 4. The summed E-state index contributed by atoms with van der Waals surface area (Å²) in [6, 6.07) is 7.29. The van der Waals surface area contributed by atoms with Crippen molar-refractivity contribution < 1.29 is 0 Å². The van der Waals surface area contributed by atoms with E-state index >= 15 is 0 Å². The minimum atomic E-state index is 0.586. The molecule has 1 aromatic heterocycles. The molecule has 3 nitrogen and oxygen atoms in total. The fourth-order valence-electron chi connectivity index (χ4n) is 1.41. The number of halogens is 1. The SMILES string of the molecule is Cc1csc(CNc2cc(Cl)ccc2C#N)n1. The van der Waals surface area contributed by atoms with E-state index in [-0.39, 0.29) is 0 Å². The van der Waals surface area contributed by atoms with Crippen LogP contribution in [0.3, 0.4) is 0 Å². The van der Waals surface area contributed by atoms with Gasteiger partial charge in [-0.2, -0.15) is 5.26 Å². The van der Waals surface area contributed by atoms with Crippen molar-refractivity contribution in [1.29, 1.82) is 5.26 Å². The second kappa shape index (κ2) is 5.17. The first-order valence-electron chi connectivity index (χ1n) is 5.03. The first-order chi connectivity index (χ1) is 8.19. The van der Waals surface area contributed by atoms with Gasteiger partial charge in [-0.3, -0.25) is 0 Å². The van der Waals surface area contributed by atoms with Gasteiger partial charge in [-0.1, -0.05) is 11.6 Å². The summed E-state index contributed by atoms with van der Waals surface area (Å²) in [5, 5.41) is 15.7. The number of hydrogen-bond donors (Lipinski definition) is 1. The number of aryl methyl sites for hydroxylation is 1. The molecule has 0 amide bonds. The van der Waals surface area contributed by atoms with Gasteiger partial charge < -0.3 is 5.32 Å². The maximum atomic E-state index is 8.96. The Labute approximate surface area is 109 Å². The van der Waals surface area contributed by atoms with Gasteiger partial charge in [0.25, 0.3) is 0 Å². The van der Waals surface area contributed by atoms with Crippen LogP contribution in [-0.2, 0) is 6.54 Å². The summed E-state index contributed by atoms with van der Waals surface area (Å²) in [6.07, 6.45) is 0. The minimum Gasteiger partial charge on any atom is -0.377 e. The minimum absolute atomic E-state index is 0.586. The van der Waals surface area contributed by atoms with E-state index in [1.165, 1.54) is 0 Å². The highest BCUT2D eigenvalue weighted by molar-refractivity contribution is 7.09. The van der Waals surface area contributed by atoms with Crippen LogP contribution in [0, 0.1) is 18.3 Å². The molecule has 2 aromatic rings. The lowest BCUT2D eigenvalue weighted by atomic mass is 10.2. The van der Waals surface area contributed by atoms with E-state index in [2.05, 4.69) is 16.4 Å². The highest BCUT2D eigenvalue weighted by atomic mass is 35.5. The van der Waals surface area contributed by atoms with E-state index in [1.54, 1.807) is 29.5 Å². The molecule has 0 saturated heterocycles. The molecule has 0 atom stereocenters. The predicted octanol–water partition coefficient (Wildman–Crippen LogP) is 3.59. The third-order valence-corrected chi connectivity index (χ3v) is 3.40. The molecule has 0 bridgehead atoms. The molecule has 1 aromatic carbocycles. The van der Waals surface area contributed by atoms with Crippen LogP contribution in [-0.4, -0.2) is 4.98 Å². The molecule has 0 radical (unpaired) electrons. The molecule has 0 aliphatic carbocycles. The fraction of sp³-hybridized carbons (Fsp3) is 0.167. The van der Waals surface area contributed by atoms with Crippen molar-refractivity contribution in [3.63, 3.8) is 0 Å². The molecule has 0 unspecified atom stereocenters. The number of nitriles is 1. The third-order valence-electron chi connectivity index (χ3n) is 2.20. The molecule has 1 N–H and O–H groups in total. The van der Waals surface area contributed by atoms with Crippen LogP contribution < -0.4 is 5.32 Å². The second-order valence-corrected chi connectivity index (χ2v) is 4.92. The number of rotatable bonds is 3. The lowest BCUT2D eigenvalue weighted by molar-refractivity contribution is 1.07. The maximum absolute atomic E-state index is 8.96. The lowest BCUT2D eigenvalue weighted by Crippen LogP contribution is -2.01. The topological polar surface area (TPSA) is 48.7 Å². The van der Waals surface area contributed by atoms with Crippen molar-refractivity contribution >= 4 is 28.6 Å². The molecule has 1 heterocycles. The highest BCUT2D eigenvalue weighted by Gasteiger charge is 2.04. The smallest absolute Gasteiger partial charge is 0.112 e.